The summed E-state index contributed by atoms with van der Waals surface area (Å²) in [4.78, 5) is 11.4. The van der Waals surface area contributed by atoms with Gasteiger partial charge in [0.25, 0.3) is 0 Å². The summed E-state index contributed by atoms with van der Waals surface area (Å²) in [5.74, 6) is 2.34. The first-order valence-electron chi connectivity index (χ1n) is 6.42. The van der Waals surface area contributed by atoms with E-state index < -0.39 is 0 Å². The molecule has 0 aromatic carbocycles. The van der Waals surface area contributed by atoms with Crippen LogP contribution in [0.25, 0.3) is 0 Å². The summed E-state index contributed by atoms with van der Waals surface area (Å²) in [5.41, 5.74) is 7.05. The molecule has 0 saturated carbocycles. The topological polar surface area (TPSA) is 55.0 Å². The van der Waals surface area contributed by atoms with Gasteiger partial charge in [-0.2, -0.15) is 0 Å². The monoisotopic (exact) mass is 234 g/mol. The number of aromatic nitrogens is 2. The van der Waals surface area contributed by atoms with E-state index in [4.69, 9.17) is 5.73 Å². The van der Waals surface area contributed by atoms with Gasteiger partial charge in [0.2, 0.25) is 0 Å². The Bertz CT molecular complexity index is 389. The van der Waals surface area contributed by atoms with Crippen LogP contribution in [0.4, 0.5) is 5.82 Å². The number of aryl methyl sites for hydroxylation is 1. The van der Waals surface area contributed by atoms with Gasteiger partial charge in [-0.15, -0.1) is 0 Å². The van der Waals surface area contributed by atoms with Crippen LogP contribution in [0, 0.1) is 6.92 Å². The molecule has 17 heavy (non-hydrogen) atoms. The molecule has 4 heteroatoms. The third-order valence-electron chi connectivity index (χ3n) is 3.16. The van der Waals surface area contributed by atoms with E-state index >= 15 is 0 Å². The van der Waals surface area contributed by atoms with Gasteiger partial charge < -0.3 is 10.6 Å². The minimum Gasteiger partial charge on any atom is -0.355 e. The molecule has 1 aliphatic heterocycles. The molecule has 1 saturated heterocycles. The maximum absolute atomic E-state index is 6.01. The number of nitrogens with two attached hydrogens (primary N) is 1. The highest BCUT2D eigenvalue weighted by molar-refractivity contribution is 5.40. The van der Waals surface area contributed by atoms with Crippen molar-refractivity contribution in [1.82, 2.24) is 9.97 Å². The van der Waals surface area contributed by atoms with E-state index in [1.807, 2.05) is 6.92 Å². The number of hydrogen-bond acceptors (Lipinski definition) is 4. The lowest BCUT2D eigenvalue weighted by atomic mass is 10.1. The van der Waals surface area contributed by atoms with Crippen LogP contribution in [0.3, 0.4) is 0 Å². The summed E-state index contributed by atoms with van der Waals surface area (Å²) in [5, 5.41) is 0. The van der Waals surface area contributed by atoms with Gasteiger partial charge in [0, 0.05) is 36.8 Å². The smallest absolute Gasteiger partial charge is 0.133 e. The van der Waals surface area contributed by atoms with Crippen molar-refractivity contribution in [2.45, 2.75) is 45.6 Å². The summed E-state index contributed by atoms with van der Waals surface area (Å²) < 4.78 is 0. The Morgan fingerprint density at radius 2 is 2.18 bits per heavy atom. The zero-order chi connectivity index (χ0) is 12.4. The quantitative estimate of drug-likeness (QED) is 0.848. The lowest BCUT2D eigenvalue weighted by molar-refractivity contribution is 0.502. The highest BCUT2D eigenvalue weighted by atomic mass is 15.2. The van der Waals surface area contributed by atoms with Gasteiger partial charge >= 0.3 is 0 Å². The van der Waals surface area contributed by atoms with Gasteiger partial charge in [0.15, 0.2) is 0 Å². The summed E-state index contributed by atoms with van der Waals surface area (Å²) in [6.45, 7) is 8.25. The Labute approximate surface area is 103 Å². The van der Waals surface area contributed by atoms with Crippen LogP contribution in [0.2, 0.25) is 0 Å². The fourth-order valence-electron chi connectivity index (χ4n) is 2.21. The molecular formula is C13H22N4. The third kappa shape index (κ3) is 2.94. The molecule has 1 atom stereocenters. The summed E-state index contributed by atoms with van der Waals surface area (Å²) in [7, 11) is 0. The van der Waals surface area contributed by atoms with Crippen molar-refractivity contribution < 1.29 is 0 Å². The summed E-state index contributed by atoms with van der Waals surface area (Å²) >= 11 is 0. The maximum atomic E-state index is 6.01. The molecular weight excluding hydrogens is 212 g/mol. The summed E-state index contributed by atoms with van der Waals surface area (Å²) in [6, 6.07) is 2.34. The molecule has 1 fully saturated rings. The second kappa shape index (κ2) is 5.00. The Kier molecular flexibility index (Phi) is 3.62. The molecule has 0 unspecified atom stereocenters. The summed E-state index contributed by atoms with van der Waals surface area (Å²) in [6.07, 6.45) is 2.28. The Hall–Kier alpha value is -1.16. The van der Waals surface area contributed by atoms with Gasteiger partial charge in [0.05, 0.1) is 0 Å². The molecule has 2 N–H and O–H groups in total. The van der Waals surface area contributed by atoms with Crippen molar-refractivity contribution in [1.29, 1.82) is 0 Å². The molecule has 1 aliphatic rings. The Morgan fingerprint density at radius 3 is 2.82 bits per heavy atom. The van der Waals surface area contributed by atoms with Crippen LogP contribution in [0.5, 0.6) is 0 Å². The van der Waals surface area contributed by atoms with E-state index in [2.05, 4.69) is 34.8 Å². The molecule has 1 aromatic heterocycles. The van der Waals surface area contributed by atoms with Gasteiger partial charge in [-0.1, -0.05) is 13.8 Å². The number of anilines is 1. The van der Waals surface area contributed by atoms with E-state index in [-0.39, 0.29) is 6.04 Å². The molecule has 4 nitrogen and oxygen atoms in total. The van der Waals surface area contributed by atoms with E-state index in [1.54, 1.807) is 0 Å². The first-order chi connectivity index (χ1) is 8.06. The van der Waals surface area contributed by atoms with Crippen molar-refractivity contribution in [3.05, 3.63) is 17.6 Å². The molecule has 0 radical (unpaired) electrons. The van der Waals surface area contributed by atoms with Crippen molar-refractivity contribution in [2.24, 2.45) is 5.73 Å². The molecule has 94 valence electrons. The second-order valence-electron chi connectivity index (χ2n) is 5.23. The van der Waals surface area contributed by atoms with Crippen molar-refractivity contribution in [3.8, 4) is 0 Å². The number of piperidine rings is 1. The molecule has 1 aromatic rings. The molecule has 0 spiro atoms. The van der Waals surface area contributed by atoms with E-state index in [0.717, 1.165) is 43.3 Å². The predicted molar refractivity (Wildman–Crippen MR) is 70.3 cm³/mol. The minimum absolute atomic E-state index is 0.279. The highest BCUT2D eigenvalue weighted by Gasteiger charge is 2.19. The zero-order valence-corrected chi connectivity index (χ0v) is 11.0. The zero-order valence-electron chi connectivity index (χ0n) is 11.0. The average Bonchev–Trinajstić information content (AvgIpc) is 2.28. The minimum atomic E-state index is 0.279. The second-order valence-corrected chi connectivity index (χ2v) is 5.23. The van der Waals surface area contributed by atoms with Crippen molar-refractivity contribution in [2.75, 3.05) is 18.0 Å². The molecule has 2 rings (SSSR count). The van der Waals surface area contributed by atoms with Crippen LogP contribution < -0.4 is 10.6 Å². The van der Waals surface area contributed by atoms with E-state index in [1.165, 1.54) is 0 Å². The lowest BCUT2D eigenvalue weighted by Gasteiger charge is -2.32. The predicted octanol–water partition coefficient (Wildman–Crippen LogP) is 1.84. The van der Waals surface area contributed by atoms with E-state index in [0.29, 0.717) is 5.92 Å². The first-order valence-corrected chi connectivity index (χ1v) is 6.42. The number of nitrogens with zero attached hydrogens (tertiary/aromatic N) is 3. The van der Waals surface area contributed by atoms with Gasteiger partial charge in [0.1, 0.15) is 11.6 Å². The SMILES string of the molecule is Cc1cc(N2CCC[C@@H](N)C2)nc(C(C)C)n1. The van der Waals surface area contributed by atoms with Crippen LogP contribution >= 0.6 is 0 Å². The van der Waals surface area contributed by atoms with E-state index in [9.17, 15) is 0 Å². The largest absolute Gasteiger partial charge is 0.355 e. The van der Waals surface area contributed by atoms with Gasteiger partial charge in [-0.25, -0.2) is 9.97 Å². The van der Waals surface area contributed by atoms with Crippen LogP contribution in [0.15, 0.2) is 6.07 Å². The van der Waals surface area contributed by atoms with Gasteiger partial charge in [-0.05, 0) is 19.8 Å². The molecule has 2 heterocycles. The van der Waals surface area contributed by atoms with Crippen molar-refractivity contribution >= 4 is 5.82 Å². The maximum Gasteiger partial charge on any atom is 0.133 e. The third-order valence-corrected chi connectivity index (χ3v) is 3.16. The van der Waals surface area contributed by atoms with Crippen LogP contribution in [0.1, 0.15) is 44.1 Å². The van der Waals surface area contributed by atoms with Crippen LogP contribution in [-0.2, 0) is 0 Å². The Balaban J connectivity index is 2.25. The molecule has 0 amide bonds. The fraction of sp³-hybridized carbons (Fsp3) is 0.692. The first kappa shape index (κ1) is 12.3. The fourth-order valence-corrected chi connectivity index (χ4v) is 2.21. The average molecular weight is 234 g/mol. The number of hydrogen-bond donors (Lipinski definition) is 1. The standard InChI is InChI=1S/C13H22N4/c1-9(2)13-15-10(3)7-12(16-13)17-6-4-5-11(14)8-17/h7,9,11H,4-6,8,14H2,1-3H3/t11-/m1/s1. The van der Waals surface area contributed by atoms with Crippen molar-refractivity contribution in [3.63, 3.8) is 0 Å². The molecule has 0 aliphatic carbocycles. The normalized spacial score (nSPS) is 21.0. The Morgan fingerprint density at radius 1 is 1.41 bits per heavy atom. The van der Waals surface area contributed by atoms with Gasteiger partial charge in [-0.3, -0.25) is 0 Å². The highest BCUT2D eigenvalue weighted by Crippen LogP contribution is 2.20. The lowest BCUT2D eigenvalue weighted by Crippen LogP contribution is -2.43. The number of rotatable bonds is 2. The van der Waals surface area contributed by atoms with Crippen LogP contribution in [-0.4, -0.2) is 29.1 Å². The molecule has 0 bridgehead atoms.